The number of ether oxygens (including phenoxy) is 2. The van der Waals surface area contributed by atoms with Crippen molar-refractivity contribution in [2.75, 3.05) is 7.11 Å². The molecule has 0 saturated heterocycles. The van der Waals surface area contributed by atoms with Crippen molar-refractivity contribution in [3.63, 3.8) is 0 Å². The Kier molecular flexibility index (Phi) is 3.23. The summed E-state index contributed by atoms with van der Waals surface area (Å²) >= 11 is 0. The minimum atomic E-state index is 0.304. The molecule has 0 aliphatic heterocycles. The zero-order valence-corrected chi connectivity index (χ0v) is 8.98. The molecule has 0 heterocycles. The summed E-state index contributed by atoms with van der Waals surface area (Å²) in [5.74, 6) is 0.918. The zero-order chi connectivity index (χ0) is 10.7. The monoisotopic (exact) mass is 207 g/mol. The van der Waals surface area contributed by atoms with Gasteiger partial charge in [0, 0.05) is 13.2 Å². The van der Waals surface area contributed by atoms with Crippen LogP contribution >= 0.6 is 0 Å². The maximum Gasteiger partial charge on any atom is 0.120 e. The molecular formula is C12H17NO2. The summed E-state index contributed by atoms with van der Waals surface area (Å²) in [6.07, 6.45) is 2.24. The van der Waals surface area contributed by atoms with Crippen LogP contribution < -0.4 is 10.5 Å². The van der Waals surface area contributed by atoms with E-state index < -0.39 is 0 Å². The van der Waals surface area contributed by atoms with Crippen molar-refractivity contribution < 1.29 is 9.47 Å². The highest BCUT2D eigenvalue weighted by Gasteiger charge is 2.27. The van der Waals surface area contributed by atoms with Crippen LogP contribution in [0.25, 0.3) is 0 Å². The van der Waals surface area contributed by atoms with E-state index in [0.29, 0.717) is 18.8 Å². The number of hydrogen-bond acceptors (Lipinski definition) is 3. The van der Waals surface area contributed by atoms with Crippen LogP contribution in [0.15, 0.2) is 24.3 Å². The first-order valence-electron chi connectivity index (χ1n) is 5.28. The lowest BCUT2D eigenvalue weighted by atomic mass is 9.90. The minimum Gasteiger partial charge on any atom is -0.490 e. The van der Waals surface area contributed by atoms with Gasteiger partial charge in [-0.25, -0.2) is 0 Å². The molecule has 1 fully saturated rings. The van der Waals surface area contributed by atoms with Crippen molar-refractivity contribution in [3.05, 3.63) is 29.8 Å². The summed E-state index contributed by atoms with van der Waals surface area (Å²) in [6, 6.07) is 8.35. The summed E-state index contributed by atoms with van der Waals surface area (Å²) in [4.78, 5) is 0. The molecule has 0 bridgehead atoms. The molecule has 82 valence electrons. The number of rotatable bonds is 4. The molecule has 0 spiro atoms. The lowest BCUT2D eigenvalue weighted by Crippen LogP contribution is -2.43. The zero-order valence-electron chi connectivity index (χ0n) is 8.98. The quantitative estimate of drug-likeness (QED) is 0.817. The smallest absolute Gasteiger partial charge is 0.120 e. The molecule has 15 heavy (non-hydrogen) atoms. The standard InChI is InChI=1S/C12H17NO2/c1-14-8-9-3-2-4-11(5-9)15-12-6-10(13)7-12/h2-5,10,12H,6-8,13H2,1H3. The van der Waals surface area contributed by atoms with Gasteiger partial charge in [0.05, 0.1) is 6.61 Å². The van der Waals surface area contributed by atoms with Crippen molar-refractivity contribution in [1.29, 1.82) is 0 Å². The van der Waals surface area contributed by atoms with Gasteiger partial charge in [0.25, 0.3) is 0 Å². The normalized spacial score (nSPS) is 24.7. The van der Waals surface area contributed by atoms with E-state index in [1.807, 2.05) is 24.3 Å². The van der Waals surface area contributed by atoms with E-state index >= 15 is 0 Å². The van der Waals surface area contributed by atoms with E-state index in [4.69, 9.17) is 15.2 Å². The Morgan fingerprint density at radius 2 is 2.20 bits per heavy atom. The molecule has 3 nitrogen and oxygen atoms in total. The fourth-order valence-corrected chi connectivity index (χ4v) is 1.77. The van der Waals surface area contributed by atoms with Crippen LogP contribution in [0.3, 0.4) is 0 Å². The van der Waals surface area contributed by atoms with Gasteiger partial charge in [0.2, 0.25) is 0 Å². The molecule has 0 unspecified atom stereocenters. The highest BCUT2D eigenvalue weighted by Crippen LogP contribution is 2.25. The predicted molar refractivity (Wildman–Crippen MR) is 58.8 cm³/mol. The van der Waals surface area contributed by atoms with Gasteiger partial charge in [-0.2, -0.15) is 0 Å². The number of benzene rings is 1. The SMILES string of the molecule is COCc1cccc(OC2CC(N)C2)c1. The molecule has 0 radical (unpaired) electrons. The van der Waals surface area contributed by atoms with Gasteiger partial charge in [0.1, 0.15) is 11.9 Å². The maximum absolute atomic E-state index is 5.77. The lowest BCUT2D eigenvalue weighted by Gasteiger charge is -2.32. The predicted octanol–water partition coefficient (Wildman–Crippen LogP) is 1.70. The Morgan fingerprint density at radius 3 is 2.87 bits per heavy atom. The van der Waals surface area contributed by atoms with Crippen molar-refractivity contribution in [2.24, 2.45) is 5.73 Å². The topological polar surface area (TPSA) is 44.5 Å². The number of hydrogen-bond donors (Lipinski definition) is 1. The molecule has 1 aromatic carbocycles. The van der Waals surface area contributed by atoms with Crippen LogP contribution in [0.1, 0.15) is 18.4 Å². The Balaban J connectivity index is 1.93. The summed E-state index contributed by atoms with van der Waals surface area (Å²) in [6.45, 7) is 0.626. The molecule has 3 heteroatoms. The first-order valence-corrected chi connectivity index (χ1v) is 5.28. The summed E-state index contributed by atoms with van der Waals surface area (Å²) < 4.78 is 10.8. The molecule has 1 saturated carbocycles. The summed E-state index contributed by atoms with van der Waals surface area (Å²) in [7, 11) is 1.69. The van der Waals surface area contributed by atoms with Crippen molar-refractivity contribution in [3.8, 4) is 5.75 Å². The van der Waals surface area contributed by atoms with Crippen LogP contribution in [0.5, 0.6) is 5.75 Å². The maximum atomic E-state index is 5.77. The van der Waals surface area contributed by atoms with Crippen molar-refractivity contribution >= 4 is 0 Å². The molecule has 1 aliphatic rings. The van der Waals surface area contributed by atoms with Gasteiger partial charge in [0.15, 0.2) is 0 Å². The van der Waals surface area contributed by atoms with Crippen molar-refractivity contribution in [2.45, 2.75) is 31.6 Å². The van der Waals surface area contributed by atoms with Gasteiger partial charge in [-0.1, -0.05) is 12.1 Å². The summed E-state index contributed by atoms with van der Waals surface area (Å²) in [5.41, 5.74) is 6.84. The Morgan fingerprint density at radius 1 is 1.40 bits per heavy atom. The fourth-order valence-electron chi connectivity index (χ4n) is 1.77. The molecule has 0 atom stereocenters. The highest BCUT2D eigenvalue weighted by molar-refractivity contribution is 5.28. The third-order valence-corrected chi connectivity index (χ3v) is 2.64. The molecule has 0 aromatic heterocycles. The van der Waals surface area contributed by atoms with Crippen LogP contribution in [-0.4, -0.2) is 19.3 Å². The van der Waals surface area contributed by atoms with E-state index in [1.54, 1.807) is 7.11 Å². The minimum absolute atomic E-state index is 0.304. The van der Waals surface area contributed by atoms with Gasteiger partial charge in [-0.15, -0.1) is 0 Å². The van der Waals surface area contributed by atoms with Gasteiger partial charge >= 0.3 is 0 Å². The second kappa shape index (κ2) is 4.64. The molecule has 1 aromatic rings. The third kappa shape index (κ3) is 2.70. The highest BCUT2D eigenvalue weighted by atomic mass is 16.5. The number of methoxy groups -OCH3 is 1. The Labute approximate surface area is 90.2 Å². The second-order valence-corrected chi connectivity index (χ2v) is 4.05. The van der Waals surface area contributed by atoms with Crippen LogP contribution in [-0.2, 0) is 11.3 Å². The van der Waals surface area contributed by atoms with Crippen LogP contribution in [0, 0.1) is 0 Å². The van der Waals surface area contributed by atoms with Crippen LogP contribution in [0.4, 0.5) is 0 Å². The van der Waals surface area contributed by atoms with Gasteiger partial charge in [-0.3, -0.25) is 0 Å². The van der Waals surface area contributed by atoms with E-state index in [9.17, 15) is 0 Å². The van der Waals surface area contributed by atoms with E-state index in [0.717, 1.165) is 24.2 Å². The van der Waals surface area contributed by atoms with E-state index in [1.165, 1.54) is 0 Å². The molecule has 1 aliphatic carbocycles. The molecule has 2 rings (SSSR count). The summed E-state index contributed by atoms with van der Waals surface area (Å²) in [5, 5.41) is 0. The Hall–Kier alpha value is -1.06. The molecule has 2 N–H and O–H groups in total. The lowest BCUT2D eigenvalue weighted by molar-refractivity contribution is 0.100. The fraction of sp³-hybridized carbons (Fsp3) is 0.500. The van der Waals surface area contributed by atoms with Crippen molar-refractivity contribution in [1.82, 2.24) is 0 Å². The van der Waals surface area contributed by atoms with Gasteiger partial charge in [-0.05, 0) is 30.5 Å². The number of nitrogens with two attached hydrogens (primary N) is 1. The molecular weight excluding hydrogens is 190 g/mol. The molecule has 0 amide bonds. The Bertz CT molecular complexity index is 321. The first-order chi connectivity index (χ1) is 7.28. The average molecular weight is 207 g/mol. The largest absolute Gasteiger partial charge is 0.490 e. The average Bonchev–Trinajstić information content (AvgIpc) is 2.17. The van der Waals surface area contributed by atoms with Gasteiger partial charge < -0.3 is 15.2 Å². The van der Waals surface area contributed by atoms with E-state index in [2.05, 4.69) is 0 Å². The van der Waals surface area contributed by atoms with Crippen LogP contribution in [0.2, 0.25) is 0 Å². The van der Waals surface area contributed by atoms with E-state index in [-0.39, 0.29) is 0 Å². The third-order valence-electron chi connectivity index (χ3n) is 2.64. The second-order valence-electron chi connectivity index (χ2n) is 4.05. The first kappa shape index (κ1) is 10.5.